The number of carboxylic acids is 2. The number of rotatable bonds is 4. The molecule has 1 aliphatic heterocycles. The van der Waals surface area contributed by atoms with Crippen molar-refractivity contribution in [3.8, 4) is 0 Å². The summed E-state index contributed by atoms with van der Waals surface area (Å²) in [5.41, 5.74) is 1.75. The highest BCUT2D eigenvalue weighted by Gasteiger charge is 2.18. The normalized spacial score (nSPS) is 14.8. The van der Waals surface area contributed by atoms with Crippen molar-refractivity contribution >= 4 is 11.9 Å². The fraction of sp³-hybridized carbons (Fsp3) is 0.300. The molecule has 0 radical (unpaired) electrons. The van der Waals surface area contributed by atoms with Crippen LogP contribution in [0.3, 0.4) is 0 Å². The molecule has 1 saturated heterocycles. The molecule has 3 rings (SSSR count). The molecule has 1 fully saturated rings. The third-order valence-electron chi connectivity index (χ3n) is 4.29. The van der Waals surface area contributed by atoms with Gasteiger partial charge in [0.25, 0.3) is 0 Å². The van der Waals surface area contributed by atoms with Gasteiger partial charge in [-0.25, -0.2) is 18.4 Å². The van der Waals surface area contributed by atoms with Crippen molar-refractivity contribution in [1.82, 2.24) is 9.80 Å². The molecule has 0 bridgehead atoms. The summed E-state index contributed by atoms with van der Waals surface area (Å²) in [5.74, 6) is -3.97. The van der Waals surface area contributed by atoms with E-state index in [0.29, 0.717) is 6.54 Å². The van der Waals surface area contributed by atoms with Crippen LogP contribution in [0.5, 0.6) is 0 Å². The van der Waals surface area contributed by atoms with E-state index in [4.69, 9.17) is 19.8 Å². The van der Waals surface area contributed by atoms with Gasteiger partial charge in [0.1, 0.15) is 11.6 Å². The van der Waals surface area contributed by atoms with Crippen LogP contribution >= 0.6 is 0 Å². The zero-order valence-corrected chi connectivity index (χ0v) is 15.2. The molecule has 2 aromatic carbocycles. The number of piperazine rings is 1. The summed E-state index contributed by atoms with van der Waals surface area (Å²) in [5, 5.41) is 14.8. The number of carboxylic acid groups (broad SMARTS) is 2. The molecule has 1 heterocycles. The fourth-order valence-corrected chi connectivity index (χ4v) is 2.87. The fourth-order valence-electron chi connectivity index (χ4n) is 2.87. The lowest BCUT2D eigenvalue weighted by Crippen LogP contribution is -2.45. The summed E-state index contributed by atoms with van der Waals surface area (Å²) in [7, 11) is 0. The molecule has 0 spiro atoms. The van der Waals surface area contributed by atoms with Gasteiger partial charge in [-0.2, -0.15) is 0 Å². The van der Waals surface area contributed by atoms with Crippen LogP contribution in [-0.4, -0.2) is 58.1 Å². The monoisotopic (exact) mass is 392 g/mol. The average Bonchev–Trinajstić information content (AvgIpc) is 2.66. The molecule has 6 nitrogen and oxygen atoms in total. The second-order valence-corrected chi connectivity index (χ2v) is 6.38. The zero-order valence-electron chi connectivity index (χ0n) is 15.2. The minimum Gasteiger partial charge on any atom is -0.473 e. The van der Waals surface area contributed by atoms with Crippen molar-refractivity contribution in [2.75, 3.05) is 26.2 Å². The van der Waals surface area contributed by atoms with Gasteiger partial charge in [-0.3, -0.25) is 9.80 Å². The predicted octanol–water partition coefficient (Wildman–Crippen LogP) is 2.44. The maximum absolute atomic E-state index is 13.7. The lowest BCUT2D eigenvalue weighted by molar-refractivity contribution is -0.159. The summed E-state index contributed by atoms with van der Waals surface area (Å²) in [6, 6.07) is 13.7. The van der Waals surface area contributed by atoms with Crippen molar-refractivity contribution < 1.29 is 28.6 Å². The number of aliphatic carboxylic acids is 2. The number of benzene rings is 2. The summed E-state index contributed by atoms with van der Waals surface area (Å²) in [6.45, 7) is 5.08. The Labute approximate surface area is 161 Å². The first kappa shape index (κ1) is 21.5. The quantitative estimate of drug-likeness (QED) is 0.778. The standard InChI is InChI=1S/C18H20F2N2.C2H2O4/c19-17-6-3-4-15(12-17)13-21-8-10-22(11-9-21)14-16-5-1-2-7-18(16)20;3-1(4)2(5)6/h1-7,12H,8-11,13-14H2;(H,3,4)(H,5,6). The number of nitrogens with zero attached hydrogens (tertiary/aromatic N) is 2. The van der Waals surface area contributed by atoms with Crippen molar-refractivity contribution in [2.45, 2.75) is 13.1 Å². The molecule has 0 saturated carbocycles. The molecule has 0 aromatic heterocycles. The maximum Gasteiger partial charge on any atom is 0.414 e. The molecule has 28 heavy (non-hydrogen) atoms. The van der Waals surface area contributed by atoms with E-state index in [9.17, 15) is 8.78 Å². The van der Waals surface area contributed by atoms with E-state index in [-0.39, 0.29) is 11.6 Å². The van der Waals surface area contributed by atoms with Crippen LogP contribution in [0.1, 0.15) is 11.1 Å². The molecule has 0 atom stereocenters. The lowest BCUT2D eigenvalue weighted by Gasteiger charge is -2.34. The zero-order chi connectivity index (χ0) is 20.5. The first-order valence-corrected chi connectivity index (χ1v) is 8.74. The van der Waals surface area contributed by atoms with Gasteiger partial charge >= 0.3 is 11.9 Å². The first-order valence-electron chi connectivity index (χ1n) is 8.74. The van der Waals surface area contributed by atoms with Crippen LogP contribution in [0.25, 0.3) is 0 Å². The van der Waals surface area contributed by atoms with Crippen LogP contribution in [0.4, 0.5) is 8.78 Å². The van der Waals surface area contributed by atoms with E-state index in [2.05, 4.69) is 9.80 Å². The molecule has 0 unspecified atom stereocenters. The Kier molecular flexibility index (Phi) is 8.03. The third kappa shape index (κ3) is 7.05. The summed E-state index contributed by atoms with van der Waals surface area (Å²) in [4.78, 5) is 22.8. The second kappa shape index (κ2) is 10.5. The SMILES string of the molecule is Fc1cccc(CN2CCN(Cc3ccccc3F)CC2)c1.O=C(O)C(=O)O. The smallest absolute Gasteiger partial charge is 0.414 e. The molecule has 2 aromatic rings. The van der Waals surface area contributed by atoms with Crippen LogP contribution in [0.2, 0.25) is 0 Å². The van der Waals surface area contributed by atoms with Crippen LogP contribution in [0.15, 0.2) is 48.5 Å². The van der Waals surface area contributed by atoms with Gasteiger partial charge in [-0.05, 0) is 23.8 Å². The molecular weight excluding hydrogens is 370 g/mol. The van der Waals surface area contributed by atoms with Gasteiger partial charge in [0.2, 0.25) is 0 Å². The Morgan fingerprint density at radius 1 is 0.821 bits per heavy atom. The van der Waals surface area contributed by atoms with Gasteiger partial charge in [-0.1, -0.05) is 30.3 Å². The van der Waals surface area contributed by atoms with Gasteiger partial charge in [0, 0.05) is 44.8 Å². The van der Waals surface area contributed by atoms with E-state index in [0.717, 1.165) is 43.9 Å². The minimum atomic E-state index is -1.82. The van der Waals surface area contributed by atoms with E-state index < -0.39 is 11.9 Å². The summed E-state index contributed by atoms with van der Waals surface area (Å²) in [6.07, 6.45) is 0. The molecule has 0 amide bonds. The minimum absolute atomic E-state index is 0.135. The molecule has 2 N–H and O–H groups in total. The Balaban J connectivity index is 0.000000409. The Morgan fingerprint density at radius 3 is 1.93 bits per heavy atom. The van der Waals surface area contributed by atoms with Crippen LogP contribution in [0, 0.1) is 11.6 Å². The largest absolute Gasteiger partial charge is 0.473 e. The van der Waals surface area contributed by atoms with E-state index >= 15 is 0 Å². The molecule has 1 aliphatic rings. The Morgan fingerprint density at radius 2 is 1.39 bits per heavy atom. The number of hydrogen-bond donors (Lipinski definition) is 2. The first-order chi connectivity index (χ1) is 13.3. The number of carbonyl (C=O) groups is 2. The van der Waals surface area contributed by atoms with E-state index in [1.807, 2.05) is 18.2 Å². The highest BCUT2D eigenvalue weighted by atomic mass is 19.1. The van der Waals surface area contributed by atoms with Crippen LogP contribution in [-0.2, 0) is 22.7 Å². The molecular formula is C20H22F2N2O4. The van der Waals surface area contributed by atoms with Crippen molar-refractivity contribution in [3.05, 3.63) is 71.3 Å². The number of halogens is 2. The molecule has 8 heteroatoms. The maximum atomic E-state index is 13.7. The lowest BCUT2D eigenvalue weighted by atomic mass is 10.1. The predicted molar refractivity (Wildman–Crippen MR) is 98.6 cm³/mol. The second-order valence-electron chi connectivity index (χ2n) is 6.38. The topological polar surface area (TPSA) is 81.1 Å². The van der Waals surface area contributed by atoms with Gasteiger partial charge in [0.15, 0.2) is 0 Å². The van der Waals surface area contributed by atoms with Crippen molar-refractivity contribution in [1.29, 1.82) is 0 Å². The molecule has 0 aliphatic carbocycles. The number of hydrogen-bond acceptors (Lipinski definition) is 4. The Bertz CT molecular complexity index is 796. The summed E-state index contributed by atoms with van der Waals surface area (Å²) >= 11 is 0. The van der Waals surface area contributed by atoms with Gasteiger partial charge in [0.05, 0.1) is 0 Å². The van der Waals surface area contributed by atoms with Gasteiger partial charge in [-0.15, -0.1) is 0 Å². The Hall–Kier alpha value is -2.84. The highest BCUT2D eigenvalue weighted by molar-refractivity contribution is 6.27. The van der Waals surface area contributed by atoms with Crippen molar-refractivity contribution in [2.24, 2.45) is 0 Å². The van der Waals surface area contributed by atoms with Crippen molar-refractivity contribution in [3.63, 3.8) is 0 Å². The third-order valence-corrected chi connectivity index (χ3v) is 4.29. The summed E-state index contributed by atoms with van der Waals surface area (Å²) < 4.78 is 26.9. The highest BCUT2D eigenvalue weighted by Crippen LogP contribution is 2.14. The van der Waals surface area contributed by atoms with Crippen LogP contribution < -0.4 is 0 Å². The van der Waals surface area contributed by atoms with E-state index in [1.165, 1.54) is 12.1 Å². The average molecular weight is 392 g/mol. The van der Waals surface area contributed by atoms with E-state index in [1.54, 1.807) is 18.2 Å². The van der Waals surface area contributed by atoms with Gasteiger partial charge < -0.3 is 10.2 Å². The molecule has 150 valence electrons.